The van der Waals surface area contributed by atoms with Crippen molar-refractivity contribution in [2.75, 3.05) is 7.11 Å². The van der Waals surface area contributed by atoms with Crippen LogP contribution in [0.1, 0.15) is 21.5 Å². The van der Waals surface area contributed by atoms with Crippen LogP contribution >= 0.6 is 15.9 Å². The molecule has 0 aliphatic carbocycles. The Morgan fingerprint density at radius 3 is 2.67 bits per heavy atom. The van der Waals surface area contributed by atoms with Crippen LogP contribution in [0.3, 0.4) is 0 Å². The van der Waals surface area contributed by atoms with E-state index in [9.17, 15) is 9.90 Å². The summed E-state index contributed by atoms with van der Waals surface area (Å²) in [5.41, 5.74) is 2.28. The Bertz CT molecular complexity index is 697. The lowest BCUT2D eigenvalue weighted by molar-refractivity contribution is 0.0766. The van der Waals surface area contributed by atoms with Gasteiger partial charge in [-0.3, -0.25) is 4.79 Å². The van der Waals surface area contributed by atoms with Gasteiger partial charge in [0, 0.05) is 22.1 Å². The average molecular weight is 348 g/mol. The third kappa shape index (κ3) is 2.61. The molecule has 0 fully saturated rings. The van der Waals surface area contributed by atoms with E-state index < -0.39 is 0 Å². The van der Waals surface area contributed by atoms with Gasteiger partial charge in [-0.1, -0.05) is 28.1 Å². The van der Waals surface area contributed by atoms with Gasteiger partial charge < -0.3 is 14.7 Å². The second kappa shape index (κ2) is 5.41. The first-order valence-electron chi connectivity index (χ1n) is 6.52. The molecular weight excluding hydrogens is 334 g/mol. The van der Waals surface area contributed by atoms with E-state index in [2.05, 4.69) is 15.9 Å². The van der Waals surface area contributed by atoms with Gasteiger partial charge in [0.05, 0.1) is 13.7 Å². The summed E-state index contributed by atoms with van der Waals surface area (Å²) >= 11 is 3.30. The molecule has 108 valence electrons. The van der Waals surface area contributed by atoms with E-state index in [0.29, 0.717) is 28.7 Å². The summed E-state index contributed by atoms with van der Waals surface area (Å²) in [6.45, 7) is 0.938. The summed E-state index contributed by atoms with van der Waals surface area (Å²) in [5.74, 6) is 0.888. The Balaban J connectivity index is 1.82. The SMILES string of the molecule is COc1ccc(CN2Cc3c(O)cc(Br)cc3C2=O)cc1. The summed E-state index contributed by atoms with van der Waals surface area (Å²) in [7, 11) is 1.62. The van der Waals surface area contributed by atoms with Crippen molar-refractivity contribution in [3.05, 3.63) is 57.6 Å². The van der Waals surface area contributed by atoms with Crippen molar-refractivity contribution in [3.63, 3.8) is 0 Å². The summed E-state index contributed by atoms with van der Waals surface area (Å²) < 4.78 is 5.83. The minimum absolute atomic E-state index is 0.0579. The van der Waals surface area contributed by atoms with Gasteiger partial charge in [-0.25, -0.2) is 0 Å². The number of carbonyl (C=O) groups is 1. The molecule has 4 nitrogen and oxygen atoms in total. The number of rotatable bonds is 3. The minimum Gasteiger partial charge on any atom is -0.508 e. The number of phenolic OH excluding ortho intramolecular Hbond substituents is 1. The van der Waals surface area contributed by atoms with Crippen molar-refractivity contribution >= 4 is 21.8 Å². The standard InChI is InChI=1S/C16H14BrNO3/c1-21-12-4-2-10(3-5-12)8-18-9-14-13(16(18)20)6-11(17)7-15(14)19/h2-7,19H,8-9H2,1H3. The zero-order valence-corrected chi connectivity index (χ0v) is 13.1. The van der Waals surface area contributed by atoms with Crippen molar-refractivity contribution in [2.45, 2.75) is 13.1 Å². The minimum atomic E-state index is -0.0579. The molecule has 2 aromatic rings. The smallest absolute Gasteiger partial charge is 0.254 e. The molecular formula is C16H14BrNO3. The van der Waals surface area contributed by atoms with Crippen LogP contribution in [0.2, 0.25) is 0 Å². The third-order valence-electron chi connectivity index (χ3n) is 3.59. The molecule has 1 amide bonds. The van der Waals surface area contributed by atoms with E-state index in [0.717, 1.165) is 11.3 Å². The van der Waals surface area contributed by atoms with Gasteiger partial charge in [0.15, 0.2) is 0 Å². The molecule has 3 rings (SSSR count). The van der Waals surface area contributed by atoms with Crippen molar-refractivity contribution in [2.24, 2.45) is 0 Å². The van der Waals surface area contributed by atoms with Crippen LogP contribution in [0.4, 0.5) is 0 Å². The number of hydrogen-bond acceptors (Lipinski definition) is 3. The van der Waals surface area contributed by atoms with Crippen molar-refractivity contribution in [1.29, 1.82) is 0 Å². The maximum absolute atomic E-state index is 12.4. The van der Waals surface area contributed by atoms with Crippen molar-refractivity contribution < 1.29 is 14.6 Å². The summed E-state index contributed by atoms with van der Waals surface area (Å²) in [4.78, 5) is 14.1. The van der Waals surface area contributed by atoms with Gasteiger partial charge in [0.2, 0.25) is 0 Å². The van der Waals surface area contributed by atoms with Crippen LogP contribution in [0, 0.1) is 0 Å². The molecule has 1 aliphatic heterocycles. The van der Waals surface area contributed by atoms with Crippen LogP contribution in [0.25, 0.3) is 0 Å². The summed E-state index contributed by atoms with van der Waals surface area (Å²) in [6, 6.07) is 11.0. The lowest BCUT2D eigenvalue weighted by atomic mass is 10.1. The molecule has 1 heterocycles. The molecule has 0 radical (unpaired) electrons. The fourth-order valence-corrected chi connectivity index (χ4v) is 2.94. The number of halogens is 1. The van der Waals surface area contributed by atoms with E-state index >= 15 is 0 Å². The molecule has 0 saturated carbocycles. The molecule has 1 aliphatic rings. The first kappa shape index (κ1) is 13.9. The molecule has 1 N–H and O–H groups in total. The third-order valence-corrected chi connectivity index (χ3v) is 4.05. The predicted molar refractivity (Wildman–Crippen MR) is 82.4 cm³/mol. The second-order valence-corrected chi connectivity index (χ2v) is 5.88. The number of carbonyl (C=O) groups excluding carboxylic acids is 1. The zero-order chi connectivity index (χ0) is 15.0. The fourth-order valence-electron chi connectivity index (χ4n) is 2.49. The van der Waals surface area contributed by atoms with E-state index in [1.54, 1.807) is 24.1 Å². The van der Waals surface area contributed by atoms with Gasteiger partial charge in [0.25, 0.3) is 5.91 Å². The van der Waals surface area contributed by atoms with Gasteiger partial charge in [-0.05, 0) is 29.8 Å². The Morgan fingerprint density at radius 1 is 1.29 bits per heavy atom. The van der Waals surface area contributed by atoms with Crippen molar-refractivity contribution in [3.8, 4) is 11.5 Å². The molecule has 21 heavy (non-hydrogen) atoms. The highest BCUT2D eigenvalue weighted by Gasteiger charge is 2.30. The quantitative estimate of drug-likeness (QED) is 0.926. The number of fused-ring (bicyclic) bond motifs is 1. The molecule has 0 atom stereocenters. The summed E-state index contributed by atoms with van der Waals surface area (Å²) in [6.07, 6.45) is 0. The number of phenols is 1. The first-order chi connectivity index (χ1) is 10.1. The van der Waals surface area contributed by atoms with E-state index in [4.69, 9.17) is 4.74 Å². The number of nitrogens with zero attached hydrogens (tertiary/aromatic N) is 1. The molecule has 0 aromatic heterocycles. The Labute approximate surface area is 131 Å². The molecule has 5 heteroatoms. The van der Waals surface area contributed by atoms with Gasteiger partial charge >= 0.3 is 0 Å². The van der Waals surface area contributed by atoms with Gasteiger partial charge in [-0.15, -0.1) is 0 Å². The van der Waals surface area contributed by atoms with E-state index in [1.807, 2.05) is 24.3 Å². The normalized spacial score (nSPS) is 13.4. The van der Waals surface area contributed by atoms with Crippen LogP contribution in [-0.4, -0.2) is 23.0 Å². The Morgan fingerprint density at radius 2 is 2.00 bits per heavy atom. The van der Waals surface area contributed by atoms with Crippen LogP contribution in [0.15, 0.2) is 40.9 Å². The molecule has 2 aromatic carbocycles. The number of amides is 1. The van der Waals surface area contributed by atoms with Crippen molar-refractivity contribution in [1.82, 2.24) is 4.90 Å². The fraction of sp³-hybridized carbons (Fsp3) is 0.188. The highest BCUT2D eigenvalue weighted by Crippen LogP contribution is 2.34. The highest BCUT2D eigenvalue weighted by atomic mass is 79.9. The second-order valence-electron chi connectivity index (χ2n) is 4.96. The topological polar surface area (TPSA) is 49.8 Å². The molecule has 0 spiro atoms. The number of aromatic hydroxyl groups is 1. The maximum atomic E-state index is 12.4. The largest absolute Gasteiger partial charge is 0.508 e. The molecule has 0 bridgehead atoms. The highest BCUT2D eigenvalue weighted by molar-refractivity contribution is 9.10. The Hall–Kier alpha value is -2.01. The van der Waals surface area contributed by atoms with Crippen LogP contribution in [-0.2, 0) is 13.1 Å². The van der Waals surface area contributed by atoms with E-state index in [1.165, 1.54) is 0 Å². The van der Waals surface area contributed by atoms with Crippen LogP contribution < -0.4 is 4.74 Å². The maximum Gasteiger partial charge on any atom is 0.254 e. The number of benzene rings is 2. The van der Waals surface area contributed by atoms with Gasteiger partial charge in [-0.2, -0.15) is 0 Å². The summed E-state index contributed by atoms with van der Waals surface area (Å²) in [5, 5.41) is 9.96. The molecule has 0 unspecified atom stereocenters. The van der Waals surface area contributed by atoms with Crippen LogP contribution in [0.5, 0.6) is 11.5 Å². The lowest BCUT2D eigenvalue weighted by Crippen LogP contribution is -2.23. The van der Waals surface area contributed by atoms with E-state index in [-0.39, 0.29) is 11.7 Å². The predicted octanol–water partition coefficient (Wildman–Crippen LogP) is 3.32. The monoisotopic (exact) mass is 347 g/mol. The Kier molecular flexibility index (Phi) is 3.59. The first-order valence-corrected chi connectivity index (χ1v) is 7.31. The zero-order valence-electron chi connectivity index (χ0n) is 11.5. The van der Waals surface area contributed by atoms with Gasteiger partial charge in [0.1, 0.15) is 11.5 Å². The number of ether oxygens (including phenoxy) is 1. The molecule has 0 saturated heterocycles. The number of methoxy groups -OCH3 is 1. The average Bonchev–Trinajstić information content (AvgIpc) is 2.78. The number of hydrogen-bond donors (Lipinski definition) is 1. The lowest BCUT2D eigenvalue weighted by Gasteiger charge is -2.15.